The number of aliphatic hydroxyl groups excluding tert-OH is 1. The van der Waals surface area contributed by atoms with Crippen LogP contribution in [-0.2, 0) is 4.74 Å². The predicted molar refractivity (Wildman–Crippen MR) is 47.8 cm³/mol. The summed E-state index contributed by atoms with van der Waals surface area (Å²) in [6.07, 6.45) is 4.76. The average Bonchev–Trinajstić information content (AvgIpc) is 2.87. The average molecular weight is 173 g/mol. The van der Waals surface area contributed by atoms with Gasteiger partial charge < -0.3 is 15.6 Å². The largest absolute Gasteiger partial charge is 0.396 e. The second kappa shape index (κ2) is 5.51. The second-order valence-electron chi connectivity index (χ2n) is 3.48. The van der Waals surface area contributed by atoms with E-state index in [-0.39, 0.29) is 12.7 Å². The van der Waals surface area contributed by atoms with Crippen LogP contribution in [0.3, 0.4) is 0 Å². The third-order valence-electron chi connectivity index (χ3n) is 2.21. The molecular formula is C9H19NO2. The number of hydrogen-bond donors (Lipinski definition) is 2. The minimum atomic E-state index is 0.209. The van der Waals surface area contributed by atoms with Crippen molar-refractivity contribution in [3.63, 3.8) is 0 Å². The third-order valence-corrected chi connectivity index (χ3v) is 2.21. The molecule has 1 aliphatic rings. The van der Waals surface area contributed by atoms with Gasteiger partial charge >= 0.3 is 0 Å². The van der Waals surface area contributed by atoms with E-state index in [0.29, 0.717) is 13.2 Å². The molecule has 0 aromatic carbocycles. The quantitative estimate of drug-likeness (QED) is 0.552. The van der Waals surface area contributed by atoms with E-state index in [1.807, 2.05) is 0 Å². The summed E-state index contributed by atoms with van der Waals surface area (Å²) in [4.78, 5) is 0. The van der Waals surface area contributed by atoms with Gasteiger partial charge in [0.25, 0.3) is 0 Å². The fourth-order valence-electron chi connectivity index (χ4n) is 1.27. The molecule has 0 bridgehead atoms. The summed E-state index contributed by atoms with van der Waals surface area (Å²) >= 11 is 0. The first kappa shape index (κ1) is 9.96. The van der Waals surface area contributed by atoms with Crippen LogP contribution in [0.5, 0.6) is 0 Å². The molecule has 0 saturated heterocycles. The summed E-state index contributed by atoms with van der Waals surface area (Å²) in [7, 11) is 0. The van der Waals surface area contributed by atoms with Crippen LogP contribution in [0, 0.1) is 5.92 Å². The molecule has 0 aliphatic heterocycles. The smallest absolute Gasteiger partial charge is 0.0699 e. The Hall–Kier alpha value is -0.120. The van der Waals surface area contributed by atoms with Gasteiger partial charge in [-0.2, -0.15) is 0 Å². The first-order valence-electron chi connectivity index (χ1n) is 4.79. The molecule has 1 atom stereocenters. The highest BCUT2D eigenvalue weighted by Gasteiger charge is 2.24. The van der Waals surface area contributed by atoms with Crippen molar-refractivity contribution in [3.05, 3.63) is 0 Å². The van der Waals surface area contributed by atoms with Crippen LogP contribution in [0.15, 0.2) is 0 Å². The zero-order chi connectivity index (χ0) is 8.81. The first-order chi connectivity index (χ1) is 5.86. The molecule has 3 N–H and O–H groups in total. The zero-order valence-corrected chi connectivity index (χ0v) is 7.54. The van der Waals surface area contributed by atoms with Crippen molar-refractivity contribution in [2.24, 2.45) is 11.7 Å². The molecule has 1 rings (SSSR count). The number of ether oxygens (including phenoxy) is 1. The maximum atomic E-state index is 8.53. The molecular weight excluding hydrogens is 154 g/mol. The highest BCUT2D eigenvalue weighted by molar-refractivity contribution is 4.77. The van der Waals surface area contributed by atoms with E-state index in [1.54, 1.807) is 0 Å². The lowest BCUT2D eigenvalue weighted by Gasteiger charge is -2.14. The maximum Gasteiger partial charge on any atom is 0.0699 e. The Bertz CT molecular complexity index is 115. The normalized spacial score (nSPS) is 19.5. The zero-order valence-electron chi connectivity index (χ0n) is 7.54. The second-order valence-corrected chi connectivity index (χ2v) is 3.48. The van der Waals surface area contributed by atoms with Gasteiger partial charge in [-0.05, 0) is 18.8 Å². The number of rotatable bonds is 7. The van der Waals surface area contributed by atoms with Gasteiger partial charge in [-0.3, -0.25) is 0 Å². The van der Waals surface area contributed by atoms with Crippen LogP contribution in [-0.4, -0.2) is 31.0 Å². The minimum absolute atomic E-state index is 0.209. The van der Waals surface area contributed by atoms with E-state index in [1.165, 1.54) is 12.8 Å². The van der Waals surface area contributed by atoms with Crippen LogP contribution in [0.1, 0.15) is 25.7 Å². The molecule has 1 aliphatic carbocycles. The maximum absolute atomic E-state index is 8.53. The Morgan fingerprint density at radius 3 is 2.75 bits per heavy atom. The number of hydrogen-bond acceptors (Lipinski definition) is 3. The Balaban J connectivity index is 1.98. The van der Waals surface area contributed by atoms with Gasteiger partial charge in [-0.15, -0.1) is 0 Å². The lowest BCUT2D eigenvalue weighted by atomic mass is 10.2. The van der Waals surface area contributed by atoms with Crippen molar-refractivity contribution in [1.29, 1.82) is 0 Å². The van der Waals surface area contributed by atoms with Crippen molar-refractivity contribution < 1.29 is 9.84 Å². The minimum Gasteiger partial charge on any atom is -0.396 e. The molecule has 0 heterocycles. The summed E-state index contributed by atoms with van der Waals surface area (Å²) in [6.45, 7) is 1.47. The van der Waals surface area contributed by atoms with E-state index >= 15 is 0 Å². The summed E-state index contributed by atoms with van der Waals surface area (Å²) in [5, 5.41) is 8.53. The van der Waals surface area contributed by atoms with Gasteiger partial charge in [0.15, 0.2) is 0 Å². The summed E-state index contributed by atoms with van der Waals surface area (Å²) < 4.78 is 5.50. The third kappa shape index (κ3) is 4.04. The van der Waals surface area contributed by atoms with Crippen LogP contribution >= 0.6 is 0 Å². The van der Waals surface area contributed by atoms with Crippen molar-refractivity contribution in [2.45, 2.75) is 31.8 Å². The molecule has 3 nitrogen and oxygen atoms in total. The van der Waals surface area contributed by atoms with E-state index in [0.717, 1.165) is 18.8 Å². The van der Waals surface area contributed by atoms with E-state index in [4.69, 9.17) is 15.6 Å². The summed E-state index contributed by atoms with van der Waals surface area (Å²) in [5.41, 5.74) is 5.54. The lowest BCUT2D eigenvalue weighted by molar-refractivity contribution is 0.0409. The predicted octanol–water partition coefficient (Wildman–Crippen LogP) is 0.513. The topological polar surface area (TPSA) is 55.5 Å². The highest BCUT2D eigenvalue weighted by atomic mass is 16.5. The fourth-order valence-corrected chi connectivity index (χ4v) is 1.27. The molecule has 0 aromatic heterocycles. The van der Waals surface area contributed by atoms with Gasteiger partial charge in [0.1, 0.15) is 0 Å². The van der Waals surface area contributed by atoms with E-state index in [9.17, 15) is 0 Å². The van der Waals surface area contributed by atoms with Gasteiger partial charge in [0.2, 0.25) is 0 Å². The standard InChI is InChI=1S/C9H19NO2/c10-7-9(6-8-2-3-8)12-5-1-4-11/h8-9,11H,1-7,10H2. The van der Waals surface area contributed by atoms with Crippen molar-refractivity contribution in [2.75, 3.05) is 19.8 Å². The van der Waals surface area contributed by atoms with Gasteiger partial charge in [-0.1, -0.05) is 12.8 Å². The highest BCUT2D eigenvalue weighted by Crippen LogP contribution is 2.33. The number of aliphatic hydroxyl groups is 1. The fraction of sp³-hybridized carbons (Fsp3) is 1.00. The molecule has 0 amide bonds. The monoisotopic (exact) mass is 173 g/mol. The summed E-state index contributed by atoms with van der Waals surface area (Å²) in [5.74, 6) is 0.868. The molecule has 1 saturated carbocycles. The van der Waals surface area contributed by atoms with Gasteiger partial charge in [0.05, 0.1) is 6.10 Å². The SMILES string of the molecule is NCC(CC1CC1)OCCCO. The summed E-state index contributed by atoms with van der Waals surface area (Å²) in [6, 6.07) is 0. The van der Waals surface area contributed by atoms with Crippen molar-refractivity contribution in [1.82, 2.24) is 0 Å². The van der Waals surface area contributed by atoms with Gasteiger partial charge in [-0.25, -0.2) is 0 Å². The molecule has 1 unspecified atom stereocenters. The van der Waals surface area contributed by atoms with Crippen LogP contribution in [0.4, 0.5) is 0 Å². The molecule has 1 fully saturated rings. The Morgan fingerprint density at radius 1 is 1.50 bits per heavy atom. The molecule has 0 spiro atoms. The Labute approximate surface area is 73.9 Å². The lowest BCUT2D eigenvalue weighted by Crippen LogP contribution is -2.25. The van der Waals surface area contributed by atoms with Crippen molar-refractivity contribution >= 4 is 0 Å². The molecule has 72 valence electrons. The van der Waals surface area contributed by atoms with E-state index in [2.05, 4.69) is 0 Å². The molecule has 3 heteroatoms. The van der Waals surface area contributed by atoms with Crippen LogP contribution in [0.2, 0.25) is 0 Å². The first-order valence-corrected chi connectivity index (χ1v) is 4.79. The molecule has 0 aromatic rings. The van der Waals surface area contributed by atoms with Crippen LogP contribution in [0.25, 0.3) is 0 Å². The van der Waals surface area contributed by atoms with Gasteiger partial charge in [0, 0.05) is 19.8 Å². The Kier molecular flexibility index (Phi) is 4.58. The molecule has 12 heavy (non-hydrogen) atoms. The number of nitrogens with two attached hydrogens (primary N) is 1. The van der Waals surface area contributed by atoms with Crippen molar-refractivity contribution in [3.8, 4) is 0 Å². The Morgan fingerprint density at radius 2 is 2.25 bits per heavy atom. The van der Waals surface area contributed by atoms with Crippen LogP contribution < -0.4 is 5.73 Å². The van der Waals surface area contributed by atoms with E-state index < -0.39 is 0 Å². The molecule has 0 radical (unpaired) electrons.